The number of nitrogens with two attached hydrogens (primary N) is 1. The van der Waals surface area contributed by atoms with Crippen LogP contribution in [0.5, 0.6) is 0 Å². The SMILES string of the molecule is CC(CCN(C)C)NC(=O)C1(C(N)=NO)CCOCC1. The van der Waals surface area contributed by atoms with E-state index in [0.717, 1.165) is 13.0 Å². The summed E-state index contributed by atoms with van der Waals surface area (Å²) in [6, 6.07) is 0.0381. The zero-order valence-electron chi connectivity index (χ0n) is 12.6. The first-order valence-electron chi connectivity index (χ1n) is 6.94. The lowest BCUT2D eigenvalue weighted by atomic mass is 9.78. The molecule has 0 aromatic rings. The van der Waals surface area contributed by atoms with Gasteiger partial charge < -0.3 is 25.9 Å². The van der Waals surface area contributed by atoms with Crippen LogP contribution in [0.15, 0.2) is 5.16 Å². The molecule has 0 bridgehead atoms. The lowest BCUT2D eigenvalue weighted by Gasteiger charge is -2.35. The van der Waals surface area contributed by atoms with E-state index in [9.17, 15) is 4.79 Å². The number of nitrogens with zero attached hydrogens (tertiary/aromatic N) is 2. The van der Waals surface area contributed by atoms with Crippen molar-refractivity contribution in [2.24, 2.45) is 16.3 Å². The van der Waals surface area contributed by atoms with Crippen molar-refractivity contribution >= 4 is 11.7 Å². The van der Waals surface area contributed by atoms with Crippen LogP contribution in [-0.2, 0) is 9.53 Å². The fourth-order valence-electron chi connectivity index (χ4n) is 2.30. The third-order valence-electron chi connectivity index (χ3n) is 3.77. The normalized spacial score (nSPS) is 20.7. The van der Waals surface area contributed by atoms with E-state index < -0.39 is 5.41 Å². The molecule has 20 heavy (non-hydrogen) atoms. The van der Waals surface area contributed by atoms with Crippen LogP contribution < -0.4 is 11.1 Å². The molecule has 0 aromatic heterocycles. The number of hydrogen-bond donors (Lipinski definition) is 3. The predicted octanol–water partition coefficient (Wildman–Crippen LogP) is -0.0140. The van der Waals surface area contributed by atoms with E-state index in [-0.39, 0.29) is 17.8 Å². The van der Waals surface area contributed by atoms with Gasteiger partial charge in [-0.05, 0) is 46.8 Å². The second kappa shape index (κ2) is 7.44. The molecule has 1 atom stereocenters. The summed E-state index contributed by atoms with van der Waals surface area (Å²) in [5.41, 5.74) is 4.81. The Labute approximate surface area is 120 Å². The summed E-state index contributed by atoms with van der Waals surface area (Å²) in [5, 5.41) is 15.0. The molecule has 1 saturated heterocycles. The minimum absolute atomic E-state index is 0.0295. The number of nitrogens with one attached hydrogen (secondary N) is 1. The lowest BCUT2D eigenvalue weighted by molar-refractivity contribution is -0.132. The Hall–Kier alpha value is -1.34. The average molecular weight is 286 g/mol. The first-order valence-corrected chi connectivity index (χ1v) is 6.94. The van der Waals surface area contributed by atoms with Gasteiger partial charge >= 0.3 is 0 Å². The van der Waals surface area contributed by atoms with Crippen LogP contribution in [0.25, 0.3) is 0 Å². The Morgan fingerprint density at radius 3 is 2.60 bits per heavy atom. The van der Waals surface area contributed by atoms with Gasteiger partial charge in [-0.3, -0.25) is 4.79 Å². The van der Waals surface area contributed by atoms with Crippen LogP contribution in [-0.4, -0.2) is 61.7 Å². The Balaban J connectivity index is 2.69. The average Bonchev–Trinajstić information content (AvgIpc) is 2.44. The van der Waals surface area contributed by atoms with Gasteiger partial charge in [-0.15, -0.1) is 0 Å². The molecule has 7 nitrogen and oxygen atoms in total. The van der Waals surface area contributed by atoms with E-state index in [1.165, 1.54) is 0 Å². The van der Waals surface area contributed by atoms with Crippen LogP contribution in [0.1, 0.15) is 26.2 Å². The zero-order valence-corrected chi connectivity index (χ0v) is 12.6. The van der Waals surface area contributed by atoms with E-state index in [1.54, 1.807) is 0 Å². The van der Waals surface area contributed by atoms with Crippen molar-refractivity contribution in [3.8, 4) is 0 Å². The largest absolute Gasteiger partial charge is 0.409 e. The molecular formula is C13H26N4O3. The molecule has 0 spiro atoms. The summed E-state index contributed by atoms with van der Waals surface area (Å²) in [5.74, 6) is -0.208. The Bertz CT molecular complexity index is 352. The minimum Gasteiger partial charge on any atom is -0.409 e. The molecule has 1 aliphatic rings. The van der Waals surface area contributed by atoms with Crippen LogP contribution in [0, 0.1) is 5.41 Å². The Kier molecular flexibility index (Phi) is 6.22. The van der Waals surface area contributed by atoms with Gasteiger partial charge in [0.25, 0.3) is 0 Å². The van der Waals surface area contributed by atoms with Crippen molar-refractivity contribution in [3.63, 3.8) is 0 Å². The number of rotatable bonds is 6. The van der Waals surface area contributed by atoms with Crippen molar-refractivity contribution in [2.75, 3.05) is 33.9 Å². The number of carbonyl (C=O) groups excluding carboxylic acids is 1. The van der Waals surface area contributed by atoms with Crippen molar-refractivity contribution in [3.05, 3.63) is 0 Å². The van der Waals surface area contributed by atoms with Crippen molar-refractivity contribution in [1.29, 1.82) is 0 Å². The van der Waals surface area contributed by atoms with Gasteiger partial charge in [-0.1, -0.05) is 5.16 Å². The fraction of sp³-hybridized carbons (Fsp3) is 0.846. The molecule has 4 N–H and O–H groups in total. The standard InChI is InChI=1S/C13H26N4O3/c1-10(4-7-17(2)3)15-12(18)13(11(14)16-19)5-8-20-9-6-13/h10,19H,4-9H2,1-3H3,(H2,14,16)(H,15,18). The van der Waals surface area contributed by atoms with Gasteiger partial charge in [0.2, 0.25) is 5.91 Å². The van der Waals surface area contributed by atoms with Crippen LogP contribution in [0.4, 0.5) is 0 Å². The van der Waals surface area contributed by atoms with Crippen LogP contribution >= 0.6 is 0 Å². The molecule has 0 aliphatic carbocycles. The molecule has 1 rings (SSSR count). The maximum Gasteiger partial charge on any atom is 0.234 e. The van der Waals surface area contributed by atoms with Gasteiger partial charge in [-0.25, -0.2) is 0 Å². The molecule has 1 unspecified atom stereocenters. The first-order chi connectivity index (χ1) is 9.42. The molecular weight excluding hydrogens is 260 g/mol. The van der Waals surface area contributed by atoms with E-state index in [1.807, 2.05) is 21.0 Å². The number of oxime groups is 1. The van der Waals surface area contributed by atoms with Gasteiger partial charge in [0.05, 0.1) is 0 Å². The van der Waals surface area contributed by atoms with E-state index in [2.05, 4.69) is 15.4 Å². The number of carbonyl (C=O) groups is 1. The lowest BCUT2D eigenvalue weighted by Crippen LogP contribution is -2.54. The highest BCUT2D eigenvalue weighted by Gasteiger charge is 2.44. The maximum absolute atomic E-state index is 12.5. The van der Waals surface area contributed by atoms with Gasteiger partial charge in [0, 0.05) is 19.3 Å². The third-order valence-corrected chi connectivity index (χ3v) is 3.77. The highest BCUT2D eigenvalue weighted by Crippen LogP contribution is 2.31. The molecule has 1 aliphatic heterocycles. The summed E-state index contributed by atoms with van der Waals surface area (Å²) >= 11 is 0. The molecule has 0 radical (unpaired) electrons. The quantitative estimate of drug-likeness (QED) is 0.276. The van der Waals surface area contributed by atoms with Gasteiger partial charge in [0.15, 0.2) is 5.84 Å². The van der Waals surface area contributed by atoms with Crippen molar-refractivity contribution in [2.45, 2.75) is 32.2 Å². The number of amidine groups is 1. The molecule has 1 heterocycles. The maximum atomic E-state index is 12.5. The van der Waals surface area contributed by atoms with Gasteiger partial charge in [0.1, 0.15) is 5.41 Å². The summed E-state index contributed by atoms with van der Waals surface area (Å²) in [6.45, 7) is 3.73. The number of hydrogen-bond acceptors (Lipinski definition) is 5. The minimum atomic E-state index is -0.945. The molecule has 116 valence electrons. The summed E-state index contributed by atoms with van der Waals surface area (Å²) < 4.78 is 5.27. The highest BCUT2D eigenvalue weighted by molar-refractivity contribution is 6.06. The van der Waals surface area contributed by atoms with Crippen LogP contribution in [0.2, 0.25) is 0 Å². The monoisotopic (exact) mass is 286 g/mol. The predicted molar refractivity (Wildman–Crippen MR) is 76.7 cm³/mol. The Morgan fingerprint density at radius 1 is 1.50 bits per heavy atom. The van der Waals surface area contributed by atoms with Gasteiger partial charge in [-0.2, -0.15) is 0 Å². The van der Waals surface area contributed by atoms with E-state index in [0.29, 0.717) is 26.1 Å². The summed E-state index contributed by atoms with van der Waals surface area (Å²) in [4.78, 5) is 14.6. The zero-order chi connectivity index (χ0) is 15.2. The smallest absolute Gasteiger partial charge is 0.234 e. The Morgan fingerprint density at radius 2 is 2.10 bits per heavy atom. The molecule has 7 heteroatoms. The van der Waals surface area contributed by atoms with E-state index >= 15 is 0 Å². The first kappa shape index (κ1) is 16.7. The molecule has 0 saturated carbocycles. The molecule has 1 fully saturated rings. The van der Waals surface area contributed by atoms with E-state index in [4.69, 9.17) is 15.7 Å². The summed E-state index contributed by atoms with van der Waals surface area (Å²) in [6.07, 6.45) is 1.73. The second-order valence-electron chi connectivity index (χ2n) is 5.65. The second-order valence-corrected chi connectivity index (χ2v) is 5.65. The fourth-order valence-corrected chi connectivity index (χ4v) is 2.30. The third kappa shape index (κ3) is 4.08. The van der Waals surface area contributed by atoms with Crippen molar-refractivity contribution < 1.29 is 14.7 Å². The topological polar surface area (TPSA) is 100 Å². The molecule has 1 amide bonds. The summed E-state index contributed by atoms with van der Waals surface area (Å²) in [7, 11) is 3.98. The van der Waals surface area contributed by atoms with Crippen molar-refractivity contribution in [1.82, 2.24) is 10.2 Å². The number of ether oxygens (including phenoxy) is 1. The van der Waals surface area contributed by atoms with Crippen LogP contribution in [0.3, 0.4) is 0 Å². The number of amides is 1. The molecule has 0 aromatic carbocycles. The highest BCUT2D eigenvalue weighted by atomic mass is 16.5.